The summed E-state index contributed by atoms with van der Waals surface area (Å²) in [6.07, 6.45) is 4.86. The standard InChI is InChI=1S/C19H31N3O3S.C4H4O4/c1-17(2)22(15-16-26(24,25)18-9-5-3-6-10-18)19(23)20-11-14-21-12-7-4-8-13-21;5-3(6)1-2-4(7)8/h3,5-6,9-10,17H,4,7-8,11-16H2,1-2H3,(H,20,23);1-2H,(H,5,6)(H,7,8). The van der Waals surface area contributed by atoms with Crippen LogP contribution in [0.2, 0.25) is 0 Å². The van der Waals surface area contributed by atoms with Gasteiger partial charge in [-0.25, -0.2) is 22.8 Å². The van der Waals surface area contributed by atoms with Gasteiger partial charge in [-0.2, -0.15) is 0 Å². The summed E-state index contributed by atoms with van der Waals surface area (Å²) in [7, 11) is -3.39. The molecule has 11 heteroatoms. The number of rotatable bonds is 10. The lowest BCUT2D eigenvalue weighted by Crippen LogP contribution is -2.48. The van der Waals surface area contributed by atoms with Crippen molar-refractivity contribution in [3.05, 3.63) is 42.5 Å². The Morgan fingerprint density at radius 2 is 1.59 bits per heavy atom. The van der Waals surface area contributed by atoms with Gasteiger partial charge in [-0.05, 0) is 51.9 Å². The van der Waals surface area contributed by atoms with E-state index in [-0.39, 0.29) is 24.4 Å². The number of hydrogen-bond donors (Lipinski definition) is 3. The minimum absolute atomic E-state index is 0.0593. The van der Waals surface area contributed by atoms with E-state index in [0.29, 0.717) is 23.6 Å². The molecule has 0 atom stereocenters. The second kappa shape index (κ2) is 15.1. The number of nitrogens with one attached hydrogen (secondary N) is 1. The van der Waals surface area contributed by atoms with Gasteiger partial charge in [0.2, 0.25) is 0 Å². The number of carboxylic acid groups (broad SMARTS) is 2. The molecule has 0 spiro atoms. The zero-order chi connectivity index (χ0) is 25.6. The zero-order valence-corrected chi connectivity index (χ0v) is 20.5. The van der Waals surface area contributed by atoms with Gasteiger partial charge < -0.3 is 25.3 Å². The number of benzene rings is 1. The molecule has 190 valence electrons. The van der Waals surface area contributed by atoms with Gasteiger partial charge in [0.15, 0.2) is 9.84 Å². The highest BCUT2D eigenvalue weighted by Gasteiger charge is 2.21. The zero-order valence-electron chi connectivity index (χ0n) is 19.7. The first-order valence-corrected chi connectivity index (χ1v) is 12.9. The fourth-order valence-corrected chi connectivity index (χ4v) is 4.55. The van der Waals surface area contributed by atoms with E-state index < -0.39 is 21.8 Å². The highest BCUT2D eigenvalue weighted by Crippen LogP contribution is 2.11. The summed E-state index contributed by atoms with van der Waals surface area (Å²) in [5.41, 5.74) is 0. The topological polar surface area (TPSA) is 144 Å². The maximum absolute atomic E-state index is 12.5. The highest BCUT2D eigenvalue weighted by molar-refractivity contribution is 7.91. The minimum Gasteiger partial charge on any atom is -0.478 e. The second-order valence-electron chi connectivity index (χ2n) is 8.06. The summed E-state index contributed by atoms with van der Waals surface area (Å²) in [5, 5.41) is 18.6. The van der Waals surface area contributed by atoms with Gasteiger partial charge in [-0.3, -0.25) is 0 Å². The van der Waals surface area contributed by atoms with Crippen molar-refractivity contribution < 1.29 is 33.0 Å². The van der Waals surface area contributed by atoms with Gasteiger partial charge >= 0.3 is 18.0 Å². The number of likely N-dealkylation sites (tertiary alicyclic amines) is 1. The highest BCUT2D eigenvalue weighted by atomic mass is 32.2. The van der Waals surface area contributed by atoms with Gasteiger partial charge in [-0.1, -0.05) is 24.6 Å². The molecule has 1 aliphatic heterocycles. The normalized spacial score (nSPS) is 14.3. The maximum Gasteiger partial charge on any atom is 0.328 e. The van der Waals surface area contributed by atoms with Crippen LogP contribution in [0.5, 0.6) is 0 Å². The van der Waals surface area contributed by atoms with Gasteiger partial charge in [0.05, 0.1) is 10.6 Å². The first-order chi connectivity index (χ1) is 16.0. The van der Waals surface area contributed by atoms with Crippen molar-refractivity contribution in [2.45, 2.75) is 44.0 Å². The number of nitrogens with zero attached hydrogens (tertiary/aromatic N) is 2. The van der Waals surface area contributed by atoms with Gasteiger partial charge in [0.1, 0.15) is 0 Å². The van der Waals surface area contributed by atoms with Crippen molar-refractivity contribution in [2.75, 3.05) is 38.5 Å². The van der Waals surface area contributed by atoms with Crippen LogP contribution in [-0.2, 0) is 19.4 Å². The number of piperidine rings is 1. The van der Waals surface area contributed by atoms with Crippen LogP contribution in [0.3, 0.4) is 0 Å². The monoisotopic (exact) mass is 497 g/mol. The quantitative estimate of drug-likeness (QED) is 0.417. The van der Waals surface area contributed by atoms with Crippen LogP contribution in [0, 0.1) is 0 Å². The number of carbonyl (C=O) groups is 3. The number of sulfone groups is 1. The molecule has 1 aromatic carbocycles. The number of hydrogen-bond acceptors (Lipinski definition) is 6. The van der Waals surface area contributed by atoms with Crippen molar-refractivity contribution in [3.8, 4) is 0 Å². The first-order valence-electron chi connectivity index (χ1n) is 11.2. The van der Waals surface area contributed by atoms with Gasteiger partial charge in [-0.15, -0.1) is 0 Å². The van der Waals surface area contributed by atoms with E-state index in [9.17, 15) is 22.8 Å². The van der Waals surface area contributed by atoms with E-state index in [4.69, 9.17) is 10.2 Å². The molecule has 1 aliphatic rings. The van der Waals surface area contributed by atoms with Crippen molar-refractivity contribution in [1.82, 2.24) is 15.1 Å². The molecule has 0 unspecified atom stereocenters. The van der Waals surface area contributed by atoms with Crippen LogP contribution < -0.4 is 5.32 Å². The molecule has 2 amide bonds. The third kappa shape index (κ3) is 11.8. The summed E-state index contributed by atoms with van der Waals surface area (Å²) >= 11 is 0. The summed E-state index contributed by atoms with van der Waals surface area (Å²) < 4.78 is 24.9. The molecule has 0 aliphatic carbocycles. The molecule has 1 saturated heterocycles. The molecule has 2 rings (SSSR count). The third-order valence-corrected chi connectivity index (χ3v) is 6.82. The SMILES string of the molecule is CC(C)N(CCS(=O)(=O)c1ccccc1)C(=O)NCCN1CCCCC1.O=C(O)C=CC(=O)O. The molecule has 0 aromatic heterocycles. The molecule has 10 nitrogen and oxygen atoms in total. The summed E-state index contributed by atoms with van der Waals surface area (Å²) in [5.74, 6) is -2.59. The number of carboxylic acids is 2. The fraction of sp³-hybridized carbons (Fsp3) is 0.522. The predicted octanol–water partition coefficient (Wildman–Crippen LogP) is 2.08. The Labute approximate surface area is 201 Å². The molecule has 0 radical (unpaired) electrons. The molecular formula is C23H35N3O7S. The molecule has 1 fully saturated rings. The van der Waals surface area contributed by atoms with E-state index in [1.165, 1.54) is 19.3 Å². The van der Waals surface area contributed by atoms with E-state index in [1.54, 1.807) is 35.2 Å². The average Bonchev–Trinajstić information content (AvgIpc) is 2.79. The Kier molecular flexibility index (Phi) is 12.9. The Balaban J connectivity index is 0.000000620. The maximum atomic E-state index is 12.5. The first kappa shape index (κ1) is 29.1. The third-order valence-electron chi connectivity index (χ3n) is 5.11. The largest absolute Gasteiger partial charge is 0.478 e. The van der Waals surface area contributed by atoms with Crippen molar-refractivity contribution in [3.63, 3.8) is 0 Å². The van der Waals surface area contributed by atoms with E-state index >= 15 is 0 Å². The van der Waals surface area contributed by atoms with Crippen LogP contribution in [0.15, 0.2) is 47.4 Å². The number of carbonyl (C=O) groups excluding carboxylic acids is 1. The van der Waals surface area contributed by atoms with Gasteiger partial charge in [0, 0.05) is 37.8 Å². The molecule has 1 aromatic rings. The van der Waals surface area contributed by atoms with Crippen molar-refractivity contribution in [1.29, 1.82) is 0 Å². The predicted molar refractivity (Wildman–Crippen MR) is 128 cm³/mol. The lowest BCUT2D eigenvalue weighted by molar-refractivity contribution is -0.134. The Bertz CT molecular complexity index is 896. The van der Waals surface area contributed by atoms with Crippen molar-refractivity contribution in [2.24, 2.45) is 0 Å². The Morgan fingerprint density at radius 1 is 1.03 bits per heavy atom. The number of aliphatic carboxylic acids is 2. The lowest BCUT2D eigenvalue weighted by Gasteiger charge is -2.29. The van der Waals surface area contributed by atoms with E-state index in [2.05, 4.69) is 10.2 Å². The van der Waals surface area contributed by atoms with Gasteiger partial charge in [0.25, 0.3) is 0 Å². The van der Waals surface area contributed by atoms with E-state index in [1.807, 2.05) is 13.8 Å². The van der Waals surface area contributed by atoms with E-state index in [0.717, 1.165) is 19.6 Å². The van der Waals surface area contributed by atoms with Crippen LogP contribution >= 0.6 is 0 Å². The molecule has 34 heavy (non-hydrogen) atoms. The molecule has 1 heterocycles. The molecule has 0 saturated carbocycles. The lowest BCUT2D eigenvalue weighted by atomic mass is 10.1. The summed E-state index contributed by atoms with van der Waals surface area (Å²) in [6, 6.07) is 8.13. The smallest absolute Gasteiger partial charge is 0.328 e. The number of urea groups is 1. The second-order valence-corrected chi connectivity index (χ2v) is 10.2. The summed E-state index contributed by atoms with van der Waals surface area (Å²) in [4.78, 5) is 35.8. The van der Waals surface area contributed by atoms with Crippen LogP contribution in [-0.4, -0.2) is 90.9 Å². The Morgan fingerprint density at radius 3 is 2.09 bits per heavy atom. The fourth-order valence-electron chi connectivity index (χ4n) is 3.31. The van der Waals surface area contributed by atoms with Crippen molar-refractivity contribution >= 4 is 27.8 Å². The molecule has 0 bridgehead atoms. The molecule has 3 N–H and O–H groups in total. The van der Waals surface area contributed by atoms with Crippen LogP contribution in [0.25, 0.3) is 0 Å². The molecular weight excluding hydrogens is 462 g/mol. The van der Waals surface area contributed by atoms with Crippen LogP contribution in [0.4, 0.5) is 4.79 Å². The van der Waals surface area contributed by atoms with Crippen LogP contribution in [0.1, 0.15) is 33.1 Å². The summed E-state index contributed by atoms with van der Waals surface area (Å²) in [6.45, 7) is 7.62. The minimum atomic E-state index is -3.39. The average molecular weight is 498 g/mol. The number of amides is 2. The Hall–Kier alpha value is -2.92.